The molecule has 19 heavy (non-hydrogen) atoms. The van der Waals surface area contributed by atoms with E-state index in [0.29, 0.717) is 0 Å². The van der Waals surface area contributed by atoms with E-state index >= 15 is 0 Å². The van der Waals surface area contributed by atoms with Crippen molar-refractivity contribution in [3.05, 3.63) is 23.8 Å². The molecule has 1 rings (SSSR count). The van der Waals surface area contributed by atoms with E-state index in [-0.39, 0.29) is 17.9 Å². The largest absolute Gasteiger partial charge is 0.504 e. The normalized spacial score (nSPS) is 12.2. The van der Waals surface area contributed by atoms with Gasteiger partial charge in [0.15, 0.2) is 11.5 Å². The Morgan fingerprint density at radius 3 is 2.42 bits per heavy atom. The molecule has 0 aliphatic carbocycles. The number of carboxylic acid groups (broad SMARTS) is 1. The van der Waals surface area contributed by atoms with Gasteiger partial charge in [-0.25, -0.2) is 4.79 Å². The van der Waals surface area contributed by atoms with Gasteiger partial charge in [0.25, 0.3) is 5.91 Å². The topological polar surface area (TPSA) is 107 Å². The number of amides is 1. The minimum atomic E-state index is -1.14. The first-order valence-corrected chi connectivity index (χ1v) is 5.87. The molecular weight excluding hydrogens is 250 g/mol. The summed E-state index contributed by atoms with van der Waals surface area (Å²) in [6.07, 6.45) is 0.278. The third-order valence-electron chi connectivity index (χ3n) is 2.57. The van der Waals surface area contributed by atoms with Crippen molar-refractivity contribution in [3.63, 3.8) is 0 Å². The number of benzene rings is 1. The zero-order valence-electron chi connectivity index (χ0n) is 10.8. The van der Waals surface area contributed by atoms with E-state index in [4.69, 9.17) is 5.11 Å². The van der Waals surface area contributed by atoms with Crippen LogP contribution in [0.1, 0.15) is 30.6 Å². The number of aliphatic carboxylic acids is 1. The summed E-state index contributed by atoms with van der Waals surface area (Å²) in [4.78, 5) is 22.9. The molecule has 4 N–H and O–H groups in total. The van der Waals surface area contributed by atoms with Gasteiger partial charge in [-0.05, 0) is 24.5 Å². The van der Waals surface area contributed by atoms with Crippen LogP contribution in [0.4, 0.5) is 0 Å². The Morgan fingerprint density at radius 1 is 1.26 bits per heavy atom. The Bertz CT molecular complexity index is 484. The first-order valence-electron chi connectivity index (χ1n) is 5.87. The number of para-hydroxylation sites is 1. The van der Waals surface area contributed by atoms with E-state index < -0.39 is 29.4 Å². The van der Waals surface area contributed by atoms with E-state index in [2.05, 4.69) is 5.32 Å². The van der Waals surface area contributed by atoms with E-state index in [1.54, 1.807) is 0 Å². The van der Waals surface area contributed by atoms with E-state index in [0.717, 1.165) is 0 Å². The number of carbonyl (C=O) groups excluding carboxylic acids is 1. The quantitative estimate of drug-likeness (QED) is 0.602. The lowest BCUT2D eigenvalue weighted by atomic mass is 10.0. The Balaban J connectivity index is 2.88. The summed E-state index contributed by atoms with van der Waals surface area (Å²) < 4.78 is 0. The SMILES string of the molecule is CC(C)CC(NC(=O)c1cccc(O)c1O)C(=O)O. The maximum absolute atomic E-state index is 11.9. The van der Waals surface area contributed by atoms with Crippen LogP contribution < -0.4 is 5.32 Å². The zero-order valence-corrected chi connectivity index (χ0v) is 10.8. The van der Waals surface area contributed by atoms with Gasteiger partial charge in [-0.3, -0.25) is 4.79 Å². The Hall–Kier alpha value is -2.24. The molecule has 6 heteroatoms. The molecule has 6 nitrogen and oxygen atoms in total. The molecule has 104 valence electrons. The fraction of sp³-hybridized carbons (Fsp3) is 0.385. The van der Waals surface area contributed by atoms with Gasteiger partial charge >= 0.3 is 5.97 Å². The van der Waals surface area contributed by atoms with Crippen LogP contribution in [-0.2, 0) is 4.79 Å². The minimum Gasteiger partial charge on any atom is -0.504 e. The van der Waals surface area contributed by atoms with Crippen molar-refractivity contribution < 1.29 is 24.9 Å². The van der Waals surface area contributed by atoms with Crippen molar-refractivity contribution in [3.8, 4) is 11.5 Å². The molecule has 0 aliphatic rings. The zero-order chi connectivity index (χ0) is 14.6. The van der Waals surface area contributed by atoms with Crippen LogP contribution >= 0.6 is 0 Å². The number of aromatic hydroxyl groups is 2. The molecule has 0 bridgehead atoms. The molecule has 0 aliphatic heterocycles. The van der Waals surface area contributed by atoms with Crippen LogP contribution in [0.3, 0.4) is 0 Å². The summed E-state index contributed by atoms with van der Waals surface area (Å²) in [6.45, 7) is 3.68. The van der Waals surface area contributed by atoms with Crippen molar-refractivity contribution in [2.24, 2.45) is 5.92 Å². The highest BCUT2D eigenvalue weighted by Gasteiger charge is 2.23. The average Bonchev–Trinajstić information content (AvgIpc) is 2.31. The molecule has 1 unspecified atom stereocenters. The molecule has 0 saturated heterocycles. The van der Waals surface area contributed by atoms with Gasteiger partial charge in [0.05, 0.1) is 5.56 Å². The average molecular weight is 267 g/mol. The number of hydrogen-bond donors (Lipinski definition) is 4. The van der Waals surface area contributed by atoms with Crippen molar-refractivity contribution in [2.45, 2.75) is 26.3 Å². The minimum absolute atomic E-state index is 0.0965. The molecule has 0 heterocycles. The molecule has 0 radical (unpaired) electrons. The Morgan fingerprint density at radius 2 is 1.89 bits per heavy atom. The van der Waals surface area contributed by atoms with Crippen LogP contribution in [0.25, 0.3) is 0 Å². The molecule has 1 amide bonds. The van der Waals surface area contributed by atoms with Gasteiger partial charge < -0.3 is 20.6 Å². The van der Waals surface area contributed by atoms with Crippen molar-refractivity contribution >= 4 is 11.9 Å². The van der Waals surface area contributed by atoms with Crippen LogP contribution in [0.2, 0.25) is 0 Å². The second-order valence-corrected chi connectivity index (χ2v) is 4.67. The summed E-state index contributed by atoms with van der Waals surface area (Å²) >= 11 is 0. The number of phenolic OH excluding ortho intramolecular Hbond substituents is 2. The number of nitrogens with one attached hydrogen (secondary N) is 1. The van der Waals surface area contributed by atoms with E-state index in [1.807, 2.05) is 13.8 Å². The summed E-state index contributed by atoms with van der Waals surface area (Å²) in [5.74, 6) is -2.76. The van der Waals surface area contributed by atoms with Crippen LogP contribution in [0, 0.1) is 5.92 Å². The number of rotatable bonds is 5. The molecular formula is C13H17NO5. The summed E-state index contributed by atoms with van der Waals surface area (Å²) in [7, 11) is 0. The number of carbonyl (C=O) groups is 2. The fourth-order valence-electron chi connectivity index (χ4n) is 1.64. The van der Waals surface area contributed by atoms with Crippen molar-refractivity contribution in [1.29, 1.82) is 0 Å². The third-order valence-corrected chi connectivity index (χ3v) is 2.57. The van der Waals surface area contributed by atoms with E-state index in [9.17, 15) is 19.8 Å². The molecule has 1 atom stereocenters. The van der Waals surface area contributed by atoms with Crippen molar-refractivity contribution in [1.82, 2.24) is 5.32 Å². The maximum atomic E-state index is 11.9. The first kappa shape index (κ1) is 14.8. The Labute approximate surface area is 110 Å². The lowest BCUT2D eigenvalue weighted by Gasteiger charge is -2.16. The molecule has 0 aromatic heterocycles. The smallest absolute Gasteiger partial charge is 0.326 e. The van der Waals surface area contributed by atoms with Gasteiger partial charge in [0.2, 0.25) is 0 Å². The van der Waals surface area contributed by atoms with Crippen LogP contribution in [0.5, 0.6) is 11.5 Å². The lowest BCUT2D eigenvalue weighted by molar-refractivity contribution is -0.139. The second-order valence-electron chi connectivity index (χ2n) is 4.67. The Kier molecular flexibility index (Phi) is 4.74. The molecule has 0 saturated carbocycles. The molecule has 0 fully saturated rings. The van der Waals surface area contributed by atoms with Crippen molar-refractivity contribution in [2.75, 3.05) is 0 Å². The van der Waals surface area contributed by atoms with Gasteiger partial charge in [0.1, 0.15) is 6.04 Å². The van der Waals surface area contributed by atoms with Crippen LogP contribution in [-0.4, -0.2) is 33.2 Å². The number of carboxylic acids is 1. The van der Waals surface area contributed by atoms with Gasteiger partial charge in [0, 0.05) is 0 Å². The maximum Gasteiger partial charge on any atom is 0.326 e. The third kappa shape index (κ3) is 3.87. The van der Waals surface area contributed by atoms with Crippen LogP contribution in [0.15, 0.2) is 18.2 Å². The predicted molar refractivity (Wildman–Crippen MR) is 68.1 cm³/mol. The van der Waals surface area contributed by atoms with Gasteiger partial charge in [-0.1, -0.05) is 19.9 Å². The highest BCUT2D eigenvalue weighted by Crippen LogP contribution is 2.28. The first-order chi connectivity index (χ1) is 8.82. The molecule has 0 spiro atoms. The highest BCUT2D eigenvalue weighted by atomic mass is 16.4. The summed E-state index contributed by atoms with van der Waals surface area (Å²) in [5, 5.41) is 30.2. The number of hydrogen-bond acceptors (Lipinski definition) is 4. The van der Waals surface area contributed by atoms with Gasteiger partial charge in [-0.15, -0.1) is 0 Å². The monoisotopic (exact) mass is 267 g/mol. The van der Waals surface area contributed by atoms with Gasteiger partial charge in [-0.2, -0.15) is 0 Å². The lowest BCUT2D eigenvalue weighted by Crippen LogP contribution is -2.41. The summed E-state index contributed by atoms with van der Waals surface area (Å²) in [5.41, 5.74) is -0.157. The second kappa shape index (κ2) is 6.08. The predicted octanol–water partition coefficient (Wildman–Crippen LogP) is 1.33. The molecule has 1 aromatic rings. The standard InChI is InChI=1S/C13H17NO5/c1-7(2)6-9(13(18)19)14-12(17)8-4-3-5-10(15)11(8)16/h3-5,7,9,15-16H,6H2,1-2H3,(H,14,17)(H,18,19). The number of phenols is 2. The van der Waals surface area contributed by atoms with E-state index in [1.165, 1.54) is 18.2 Å². The molecule has 1 aromatic carbocycles. The summed E-state index contributed by atoms with van der Waals surface area (Å²) in [6, 6.07) is 2.89. The highest BCUT2D eigenvalue weighted by molar-refractivity contribution is 5.99. The fourth-order valence-corrected chi connectivity index (χ4v) is 1.64.